The van der Waals surface area contributed by atoms with Crippen molar-refractivity contribution in [3.05, 3.63) is 52.5 Å². The van der Waals surface area contributed by atoms with Gasteiger partial charge in [-0.05, 0) is 47.2 Å². The number of rotatable bonds is 4. The average Bonchev–Trinajstić information content (AvgIpc) is 2.35. The maximum Gasteiger partial charge on any atom is 0.235 e. The molecule has 0 aliphatic rings. The molecule has 0 spiro atoms. The number of nitrogen functional groups attached to an aromatic ring is 1. The number of halogens is 1. The highest BCUT2D eigenvalue weighted by molar-refractivity contribution is 14.1. The summed E-state index contributed by atoms with van der Waals surface area (Å²) in [5.74, 6) is 1.28. The Bertz CT molecular complexity index is 572. The minimum Gasteiger partial charge on any atom is -0.438 e. The molecule has 1 heterocycles. The van der Waals surface area contributed by atoms with Gasteiger partial charge in [0.1, 0.15) is 12.1 Å². The smallest absolute Gasteiger partial charge is 0.235 e. The first-order valence-corrected chi connectivity index (χ1v) is 6.41. The van der Waals surface area contributed by atoms with E-state index in [0.29, 0.717) is 18.0 Å². The van der Waals surface area contributed by atoms with E-state index < -0.39 is 0 Å². The molecule has 2 rings (SSSR count). The number of nitrogens with two attached hydrogens (primary N) is 1. The molecule has 0 aliphatic carbocycles. The lowest BCUT2D eigenvalue weighted by atomic mass is 10.1. The second kappa shape index (κ2) is 5.81. The number of hydrogen-bond acceptors (Lipinski definition) is 4. The predicted molar refractivity (Wildman–Crippen MR) is 79.6 cm³/mol. The van der Waals surface area contributed by atoms with Gasteiger partial charge in [-0.1, -0.05) is 6.08 Å². The number of anilines is 1. The highest BCUT2D eigenvalue weighted by Gasteiger charge is 2.08. The first-order valence-electron chi connectivity index (χ1n) is 5.33. The number of aromatic nitrogens is 2. The van der Waals surface area contributed by atoms with Gasteiger partial charge < -0.3 is 10.5 Å². The van der Waals surface area contributed by atoms with Gasteiger partial charge in [0.25, 0.3) is 0 Å². The van der Waals surface area contributed by atoms with E-state index in [1.54, 1.807) is 12.3 Å². The number of hydrogen-bond donors (Lipinski definition) is 1. The van der Waals surface area contributed by atoms with Crippen molar-refractivity contribution < 1.29 is 4.74 Å². The Morgan fingerprint density at radius 3 is 3.00 bits per heavy atom. The van der Waals surface area contributed by atoms with Crippen molar-refractivity contribution in [2.75, 3.05) is 5.73 Å². The van der Waals surface area contributed by atoms with Gasteiger partial charge in [0, 0.05) is 17.4 Å². The molecule has 0 atom stereocenters. The summed E-state index contributed by atoms with van der Waals surface area (Å²) in [6, 6.07) is 5.52. The molecule has 2 aromatic rings. The van der Waals surface area contributed by atoms with Gasteiger partial charge in [-0.3, -0.25) is 0 Å². The molecule has 1 aromatic carbocycles. The molecule has 0 saturated carbocycles. The van der Waals surface area contributed by atoms with Crippen LogP contribution in [0, 0.1) is 3.57 Å². The summed E-state index contributed by atoms with van der Waals surface area (Å²) in [6.45, 7) is 3.73. The Hall–Kier alpha value is -1.63. The van der Waals surface area contributed by atoms with Gasteiger partial charge >= 0.3 is 0 Å². The van der Waals surface area contributed by atoms with E-state index in [-0.39, 0.29) is 0 Å². The molecule has 5 heteroatoms. The Labute approximate surface area is 119 Å². The van der Waals surface area contributed by atoms with Gasteiger partial charge in [-0.2, -0.15) is 0 Å². The van der Waals surface area contributed by atoms with E-state index >= 15 is 0 Å². The van der Waals surface area contributed by atoms with E-state index in [1.165, 1.54) is 6.33 Å². The number of ether oxygens (including phenoxy) is 1. The van der Waals surface area contributed by atoms with Crippen LogP contribution >= 0.6 is 22.6 Å². The van der Waals surface area contributed by atoms with Crippen LogP contribution in [-0.2, 0) is 6.42 Å². The van der Waals surface area contributed by atoms with Crippen molar-refractivity contribution in [3.63, 3.8) is 0 Å². The maximum atomic E-state index is 5.79. The molecule has 18 heavy (non-hydrogen) atoms. The molecular weight excluding hydrogens is 341 g/mol. The van der Waals surface area contributed by atoms with Crippen molar-refractivity contribution in [1.82, 2.24) is 9.97 Å². The van der Waals surface area contributed by atoms with Gasteiger partial charge in [-0.25, -0.2) is 9.97 Å². The van der Waals surface area contributed by atoms with Crippen molar-refractivity contribution in [3.8, 4) is 11.6 Å². The SMILES string of the molecule is C=CCc1cc(N)ccc1Oc1ncncc1I. The number of nitrogens with zero attached hydrogens (tertiary/aromatic N) is 2. The van der Waals surface area contributed by atoms with Gasteiger partial charge in [0.15, 0.2) is 0 Å². The molecule has 0 fully saturated rings. The van der Waals surface area contributed by atoms with Crippen LogP contribution in [0.15, 0.2) is 43.4 Å². The molecule has 0 amide bonds. The Morgan fingerprint density at radius 2 is 2.28 bits per heavy atom. The van der Waals surface area contributed by atoms with Crippen LogP contribution in [0.3, 0.4) is 0 Å². The van der Waals surface area contributed by atoms with Crippen LogP contribution < -0.4 is 10.5 Å². The first-order chi connectivity index (χ1) is 8.70. The molecule has 2 N–H and O–H groups in total. The minimum atomic E-state index is 0.542. The Balaban J connectivity index is 2.34. The molecule has 92 valence electrons. The summed E-state index contributed by atoms with van der Waals surface area (Å²) < 4.78 is 6.64. The van der Waals surface area contributed by atoms with Crippen molar-refractivity contribution >= 4 is 28.3 Å². The molecule has 0 bridgehead atoms. The lowest BCUT2D eigenvalue weighted by Gasteiger charge is -2.10. The quantitative estimate of drug-likeness (QED) is 0.521. The predicted octanol–water partition coefficient (Wildman–Crippen LogP) is 3.18. The zero-order valence-corrected chi connectivity index (χ0v) is 11.8. The highest BCUT2D eigenvalue weighted by Crippen LogP contribution is 2.28. The lowest BCUT2D eigenvalue weighted by Crippen LogP contribution is -1.96. The standard InChI is InChI=1S/C13H12IN3O/c1-2-3-9-6-10(15)4-5-12(9)18-13-11(14)7-16-8-17-13/h2,4-8H,1,3,15H2. The fourth-order valence-corrected chi connectivity index (χ4v) is 1.90. The van der Waals surface area contributed by atoms with Crippen LogP contribution in [0.4, 0.5) is 5.69 Å². The van der Waals surface area contributed by atoms with E-state index in [0.717, 1.165) is 14.9 Å². The monoisotopic (exact) mass is 353 g/mol. The third-order valence-electron chi connectivity index (χ3n) is 2.29. The number of allylic oxidation sites excluding steroid dienone is 1. The maximum absolute atomic E-state index is 5.79. The van der Waals surface area contributed by atoms with Crippen LogP contribution in [0.2, 0.25) is 0 Å². The topological polar surface area (TPSA) is 61.0 Å². The lowest BCUT2D eigenvalue weighted by molar-refractivity contribution is 0.453. The summed E-state index contributed by atoms with van der Waals surface area (Å²) in [5.41, 5.74) is 7.45. The van der Waals surface area contributed by atoms with Gasteiger partial charge in [-0.15, -0.1) is 6.58 Å². The zero-order valence-electron chi connectivity index (χ0n) is 9.64. The van der Waals surface area contributed by atoms with Crippen molar-refractivity contribution in [1.29, 1.82) is 0 Å². The van der Waals surface area contributed by atoms with E-state index in [1.807, 2.05) is 18.2 Å². The summed E-state index contributed by atoms with van der Waals surface area (Å²) in [4.78, 5) is 8.02. The zero-order chi connectivity index (χ0) is 13.0. The summed E-state index contributed by atoms with van der Waals surface area (Å²) in [7, 11) is 0. The Morgan fingerprint density at radius 1 is 1.44 bits per heavy atom. The van der Waals surface area contributed by atoms with Crippen LogP contribution in [-0.4, -0.2) is 9.97 Å². The molecule has 0 aliphatic heterocycles. The van der Waals surface area contributed by atoms with E-state index in [9.17, 15) is 0 Å². The normalized spacial score (nSPS) is 10.1. The van der Waals surface area contributed by atoms with Gasteiger partial charge in [0.05, 0.1) is 3.57 Å². The third-order valence-corrected chi connectivity index (χ3v) is 3.03. The second-order valence-electron chi connectivity index (χ2n) is 3.64. The van der Waals surface area contributed by atoms with Crippen molar-refractivity contribution in [2.45, 2.75) is 6.42 Å². The van der Waals surface area contributed by atoms with E-state index in [4.69, 9.17) is 10.5 Å². The first kappa shape index (κ1) is 12.8. The van der Waals surface area contributed by atoms with Crippen molar-refractivity contribution in [2.24, 2.45) is 0 Å². The minimum absolute atomic E-state index is 0.542. The molecular formula is C13H12IN3O. The molecule has 4 nitrogen and oxygen atoms in total. The summed E-state index contributed by atoms with van der Waals surface area (Å²) >= 11 is 2.13. The largest absolute Gasteiger partial charge is 0.438 e. The van der Waals surface area contributed by atoms with Gasteiger partial charge in [0.2, 0.25) is 5.88 Å². The highest BCUT2D eigenvalue weighted by atomic mass is 127. The third kappa shape index (κ3) is 2.98. The van der Waals surface area contributed by atoms with Crippen LogP contribution in [0.1, 0.15) is 5.56 Å². The van der Waals surface area contributed by atoms with Crippen LogP contribution in [0.5, 0.6) is 11.6 Å². The Kier molecular flexibility index (Phi) is 4.14. The summed E-state index contributed by atoms with van der Waals surface area (Å²) in [6.07, 6.45) is 5.67. The molecule has 0 radical (unpaired) electrons. The molecule has 0 saturated heterocycles. The number of benzene rings is 1. The molecule has 1 aromatic heterocycles. The van der Waals surface area contributed by atoms with E-state index in [2.05, 4.69) is 39.1 Å². The second-order valence-corrected chi connectivity index (χ2v) is 4.80. The fraction of sp³-hybridized carbons (Fsp3) is 0.0769. The summed E-state index contributed by atoms with van der Waals surface area (Å²) in [5, 5.41) is 0. The average molecular weight is 353 g/mol. The van der Waals surface area contributed by atoms with Crippen LogP contribution in [0.25, 0.3) is 0 Å². The molecule has 0 unspecified atom stereocenters. The fourth-order valence-electron chi connectivity index (χ4n) is 1.49.